The molecule has 2 aliphatic rings. The van der Waals surface area contributed by atoms with Gasteiger partial charge < -0.3 is 14.5 Å². The van der Waals surface area contributed by atoms with Crippen LogP contribution in [0, 0.1) is 0 Å². The van der Waals surface area contributed by atoms with Crippen molar-refractivity contribution in [3.05, 3.63) is 17.5 Å². The number of rotatable bonds is 1. The van der Waals surface area contributed by atoms with E-state index in [9.17, 15) is 18.0 Å². The summed E-state index contributed by atoms with van der Waals surface area (Å²) in [6, 6.07) is 0.616. The Balaban J connectivity index is 1.80. The van der Waals surface area contributed by atoms with Crippen molar-refractivity contribution in [2.75, 3.05) is 33.3 Å². The lowest BCUT2D eigenvalue weighted by Crippen LogP contribution is -2.60. The quantitative estimate of drug-likeness (QED) is 0.838. The van der Waals surface area contributed by atoms with Crippen LogP contribution in [0.15, 0.2) is 6.07 Å². The number of nitrogens with zero attached hydrogens (tertiary/aromatic N) is 3. The number of halogens is 3. The van der Waals surface area contributed by atoms with E-state index in [4.69, 9.17) is 4.74 Å². The molecule has 6 nitrogen and oxygen atoms in total. The van der Waals surface area contributed by atoms with Crippen LogP contribution in [0.25, 0.3) is 0 Å². The number of likely N-dealkylation sites (N-methyl/N-ethyl adjacent to an activating group) is 1. The Morgan fingerprint density at radius 1 is 1.45 bits per heavy atom. The summed E-state index contributed by atoms with van der Waals surface area (Å²) in [5.41, 5.74) is -1.22. The molecule has 9 heteroatoms. The molecule has 0 bridgehead atoms. The van der Waals surface area contributed by atoms with Gasteiger partial charge in [0.1, 0.15) is 5.69 Å². The molecule has 1 N–H and O–H groups in total. The number of likely N-dealkylation sites (tertiary alicyclic amines) is 1. The van der Waals surface area contributed by atoms with Gasteiger partial charge in [-0.1, -0.05) is 0 Å². The number of piperidine rings is 1. The third-order valence-electron chi connectivity index (χ3n) is 4.15. The SMILES string of the molecule is CN1CC[C@@H]2OCCN(C(=O)c3cc(C(F)(F)F)[nH]n3)[C@@H]2C1. The van der Waals surface area contributed by atoms with Gasteiger partial charge in [0.25, 0.3) is 5.91 Å². The Bertz CT molecular complexity index is 560. The minimum absolute atomic E-state index is 0.0603. The van der Waals surface area contributed by atoms with Gasteiger partial charge in [-0.15, -0.1) is 0 Å². The maximum absolute atomic E-state index is 12.6. The van der Waals surface area contributed by atoms with E-state index in [-0.39, 0.29) is 17.8 Å². The maximum Gasteiger partial charge on any atom is 0.432 e. The Kier molecular flexibility index (Phi) is 3.85. The molecule has 2 fully saturated rings. The van der Waals surface area contributed by atoms with E-state index in [1.807, 2.05) is 12.1 Å². The monoisotopic (exact) mass is 318 g/mol. The van der Waals surface area contributed by atoms with Gasteiger partial charge in [0.2, 0.25) is 0 Å². The first-order chi connectivity index (χ1) is 10.4. The molecule has 3 rings (SSSR count). The van der Waals surface area contributed by atoms with Crippen LogP contribution in [0.1, 0.15) is 22.6 Å². The topological polar surface area (TPSA) is 61.5 Å². The van der Waals surface area contributed by atoms with Gasteiger partial charge in [-0.25, -0.2) is 0 Å². The number of hydrogen-bond acceptors (Lipinski definition) is 4. The third-order valence-corrected chi connectivity index (χ3v) is 4.15. The molecule has 2 saturated heterocycles. The zero-order valence-electron chi connectivity index (χ0n) is 12.1. The van der Waals surface area contributed by atoms with Crippen LogP contribution in [0.5, 0.6) is 0 Å². The summed E-state index contributed by atoms with van der Waals surface area (Å²) in [4.78, 5) is 16.2. The number of alkyl halides is 3. The minimum atomic E-state index is -4.54. The van der Waals surface area contributed by atoms with Gasteiger partial charge >= 0.3 is 6.18 Å². The molecule has 22 heavy (non-hydrogen) atoms. The molecule has 0 aromatic carbocycles. The summed E-state index contributed by atoms with van der Waals surface area (Å²) in [5.74, 6) is -0.486. The van der Waals surface area contributed by atoms with Crippen molar-refractivity contribution >= 4 is 5.91 Å². The molecule has 122 valence electrons. The first-order valence-corrected chi connectivity index (χ1v) is 7.10. The fraction of sp³-hybridized carbons (Fsp3) is 0.692. The van der Waals surface area contributed by atoms with E-state index in [2.05, 4.69) is 10.00 Å². The highest BCUT2D eigenvalue weighted by molar-refractivity contribution is 5.92. The maximum atomic E-state index is 12.6. The Hall–Kier alpha value is -1.61. The molecule has 2 aliphatic heterocycles. The van der Waals surface area contributed by atoms with E-state index in [0.29, 0.717) is 19.7 Å². The Labute approximate surface area is 125 Å². The molecule has 0 saturated carbocycles. The van der Waals surface area contributed by atoms with Crippen LogP contribution in [-0.4, -0.2) is 71.3 Å². The van der Waals surface area contributed by atoms with Crippen molar-refractivity contribution < 1.29 is 22.7 Å². The number of aromatic amines is 1. The summed E-state index contributed by atoms with van der Waals surface area (Å²) in [5, 5.41) is 5.41. The number of aromatic nitrogens is 2. The smallest absolute Gasteiger partial charge is 0.374 e. The van der Waals surface area contributed by atoms with E-state index in [1.54, 1.807) is 4.90 Å². The summed E-state index contributed by atoms with van der Waals surface area (Å²) >= 11 is 0. The van der Waals surface area contributed by atoms with Crippen molar-refractivity contribution in [1.29, 1.82) is 0 Å². The molecule has 1 aromatic rings. The number of morpholine rings is 1. The summed E-state index contributed by atoms with van der Waals surface area (Å²) < 4.78 is 43.5. The number of amides is 1. The Morgan fingerprint density at radius 3 is 2.91 bits per heavy atom. The molecular weight excluding hydrogens is 301 g/mol. The number of nitrogens with one attached hydrogen (secondary N) is 1. The fourth-order valence-electron chi connectivity index (χ4n) is 3.01. The first kappa shape index (κ1) is 15.3. The van der Waals surface area contributed by atoms with Crippen LogP contribution >= 0.6 is 0 Å². The predicted molar refractivity (Wildman–Crippen MR) is 70.3 cm³/mol. The average molecular weight is 318 g/mol. The van der Waals surface area contributed by atoms with Gasteiger partial charge in [0, 0.05) is 25.7 Å². The van der Waals surface area contributed by atoms with Crippen LogP contribution < -0.4 is 0 Å². The zero-order chi connectivity index (χ0) is 15.9. The standard InChI is InChI=1S/C13H17F3N4O2/c1-19-3-2-10-9(7-19)20(4-5-22-10)12(21)8-6-11(18-17-8)13(14,15)16/h6,9-10H,2-5,7H2,1H3,(H,17,18)/t9-,10+/m1/s1. The van der Waals surface area contributed by atoms with Crippen LogP contribution in [0.2, 0.25) is 0 Å². The summed E-state index contributed by atoms with van der Waals surface area (Å²) in [6.45, 7) is 2.28. The van der Waals surface area contributed by atoms with Crippen molar-refractivity contribution in [1.82, 2.24) is 20.0 Å². The van der Waals surface area contributed by atoms with Crippen molar-refractivity contribution in [3.63, 3.8) is 0 Å². The van der Waals surface area contributed by atoms with Crippen LogP contribution in [-0.2, 0) is 10.9 Å². The van der Waals surface area contributed by atoms with Gasteiger partial charge in [0.15, 0.2) is 5.69 Å². The van der Waals surface area contributed by atoms with E-state index in [0.717, 1.165) is 19.0 Å². The highest BCUT2D eigenvalue weighted by Crippen LogP contribution is 2.29. The predicted octanol–water partition coefficient (Wildman–Crippen LogP) is 0.974. The molecule has 0 spiro atoms. The second-order valence-electron chi connectivity index (χ2n) is 5.69. The summed E-state index contributed by atoms with van der Waals surface area (Å²) in [6.07, 6.45) is -3.79. The second kappa shape index (κ2) is 5.54. The zero-order valence-corrected chi connectivity index (χ0v) is 12.1. The molecule has 1 aromatic heterocycles. The highest BCUT2D eigenvalue weighted by atomic mass is 19.4. The van der Waals surface area contributed by atoms with Gasteiger partial charge in [-0.2, -0.15) is 18.3 Å². The lowest BCUT2D eigenvalue weighted by Gasteiger charge is -2.46. The molecule has 3 heterocycles. The van der Waals surface area contributed by atoms with Crippen molar-refractivity contribution in [2.24, 2.45) is 0 Å². The molecule has 2 atom stereocenters. The van der Waals surface area contributed by atoms with Crippen LogP contribution in [0.3, 0.4) is 0 Å². The average Bonchev–Trinajstić information content (AvgIpc) is 2.95. The van der Waals surface area contributed by atoms with Crippen LogP contribution in [0.4, 0.5) is 13.2 Å². The second-order valence-corrected chi connectivity index (χ2v) is 5.69. The van der Waals surface area contributed by atoms with Gasteiger partial charge in [-0.3, -0.25) is 9.89 Å². The number of carbonyl (C=O) groups is 1. The van der Waals surface area contributed by atoms with Gasteiger partial charge in [0.05, 0.1) is 18.8 Å². The fourth-order valence-corrected chi connectivity index (χ4v) is 3.01. The number of fused-ring (bicyclic) bond motifs is 1. The summed E-state index contributed by atoms with van der Waals surface area (Å²) in [7, 11) is 1.95. The van der Waals surface area contributed by atoms with Crippen molar-refractivity contribution in [3.8, 4) is 0 Å². The molecule has 0 radical (unpaired) electrons. The number of hydrogen-bond donors (Lipinski definition) is 1. The highest BCUT2D eigenvalue weighted by Gasteiger charge is 2.40. The normalized spacial score (nSPS) is 26.8. The number of carbonyl (C=O) groups excluding carboxylic acids is 1. The van der Waals surface area contributed by atoms with E-state index < -0.39 is 17.8 Å². The minimum Gasteiger partial charge on any atom is -0.374 e. The molecule has 0 unspecified atom stereocenters. The Morgan fingerprint density at radius 2 is 2.23 bits per heavy atom. The molecular formula is C13H17F3N4O2. The van der Waals surface area contributed by atoms with Gasteiger partial charge in [-0.05, 0) is 13.5 Å². The lowest BCUT2D eigenvalue weighted by atomic mass is 9.99. The third kappa shape index (κ3) is 2.82. The lowest BCUT2D eigenvalue weighted by molar-refractivity contribution is -0.141. The first-order valence-electron chi connectivity index (χ1n) is 7.10. The molecule has 1 amide bonds. The number of ether oxygens (including phenoxy) is 1. The largest absolute Gasteiger partial charge is 0.432 e. The van der Waals surface area contributed by atoms with E-state index in [1.165, 1.54) is 0 Å². The number of H-pyrrole nitrogens is 1. The molecule has 0 aliphatic carbocycles. The van der Waals surface area contributed by atoms with E-state index >= 15 is 0 Å². The van der Waals surface area contributed by atoms with Crippen molar-refractivity contribution in [2.45, 2.75) is 24.7 Å².